The van der Waals surface area contributed by atoms with Crippen molar-refractivity contribution in [2.45, 2.75) is 53.0 Å². The summed E-state index contributed by atoms with van der Waals surface area (Å²) in [6.45, 7) is 13.6. The summed E-state index contributed by atoms with van der Waals surface area (Å²) >= 11 is 0. The molecule has 1 aliphatic heterocycles. The highest BCUT2D eigenvalue weighted by atomic mass is 127. The van der Waals surface area contributed by atoms with Crippen LogP contribution in [0.15, 0.2) is 4.99 Å². The van der Waals surface area contributed by atoms with Crippen LogP contribution in [-0.2, 0) is 0 Å². The van der Waals surface area contributed by atoms with Gasteiger partial charge in [0.1, 0.15) is 0 Å². The molecule has 1 heterocycles. The molecule has 1 rings (SSSR count). The molecule has 1 fully saturated rings. The first-order valence-electron chi connectivity index (χ1n) is 8.21. The number of rotatable bonds is 6. The van der Waals surface area contributed by atoms with Gasteiger partial charge in [-0.05, 0) is 44.6 Å². The summed E-state index contributed by atoms with van der Waals surface area (Å²) in [5.41, 5.74) is 0. The number of likely N-dealkylation sites (tertiary alicyclic amines) is 1. The average molecular weight is 410 g/mol. The molecule has 0 aliphatic carbocycles. The maximum absolute atomic E-state index is 4.29. The third kappa shape index (κ3) is 8.86. The van der Waals surface area contributed by atoms with E-state index in [-0.39, 0.29) is 24.0 Å². The Hall–Kier alpha value is -0.0400. The number of hydrogen-bond acceptors (Lipinski definition) is 2. The topological polar surface area (TPSA) is 39.7 Å². The lowest BCUT2D eigenvalue weighted by molar-refractivity contribution is 0.139. The molecule has 0 bridgehead atoms. The Labute approximate surface area is 148 Å². The van der Waals surface area contributed by atoms with Crippen LogP contribution >= 0.6 is 24.0 Å². The lowest BCUT2D eigenvalue weighted by Gasteiger charge is -2.35. The summed E-state index contributed by atoms with van der Waals surface area (Å²) in [4.78, 5) is 6.89. The highest BCUT2D eigenvalue weighted by Gasteiger charge is 2.20. The quantitative estimate of drug-likeness (QED) is 0.402. The monoisotopic (exact) mass is 410 g/mol. The number of halogens is 1. The number of nitrogens with zero attached hydrogens (tertiary/aromatic N) is 2. The maximum Gasteiger partial charge on any atom is 0.191 e. The summed E-state index contributed by atoms with van der Waals surface area (Å²) in [7, 11) is 1.85. The molecule has 0 aromatic heterocycles. The van der Waals surface area contributed by atoms with Crippen LogP contribution in [0, 0.1) is 11.8 Å². The molecule has 5 heteroatoms. The van der Waals surface area contributed by atoms with Gasteiger partial charge in [0.2, 0.25) is 0 Å². The minimum atomic E-state index is 0. The fourth-order valence-corrected chi connectivity index (χ4v) is 2.70. The van der Waals surface area contributed by atoms with Crippen molar-refractivity contribution in [2.75, 3.05) is 33.2 Å². The molecule has 1 aliphatic rings. The fraction of sp³-hybridized carbons (Fsp3) is 0.938. The second kappa shape index (κ2) is 11.5. The minimum absolute atomic E-state index is 0. The van der Waals surface area contributed by atoms with E-state index >= 15 is 0 Å². The minimum Gasteiger partial charge on any atom is -0.356 e. The predicted molar refractivity (Wildman–Crippen MR) is 104 cm³/mol. The van der Waals surface area contributed by atoms with Gasteiger partial charge in [0.15, 0.2) is 5.96 Å². The molecule has 2 N–H and O–H groups in total. The molecule has 0 radical (unpaired) electrons. The van der Waals surface area contributed by atoms with Gasteiger partial charge in [0, 0.05) is 32.7 Å². The van der Waals surface area contributed by atoms with Gasteiger partial charge in [-0.3, -0.25) is 9.89 Å². The average Bonchev–Trinajstić information content (AvgIpc) is 2.41. The van der Waals surface area contributed by atoms with Crippen molar-refractivity contribution in [3.63, 3.8) is 0 Å². The van der Waals surface area contributed by atoms with Crippen molar-refractivity contribution in [3.8, 4) is 0 Å². The van der Waals surface area contributed by atoms with Gasteiger partial charge in [0.25, 0.3) is 0 Å². The van der Waals surface area contributed by atoms with E-state index in [0.29, 0.717) is 6.04 Å². The van der Waals surface area contributed by atoms with E-state index in [1.807, 2.05) is 7.05 Å². The normalized spacial score (nSPS) is 21.8. The summed E-state index contributed by atoms with van der Waals surface area (Å²) < 4.78 is 0. The van der Waals surface area contributed by atoms with E-state index in [4.69, 9.17) is 0 Å². The van der Waals surface area contributed by atoms with Crippen molar-refractivity contribution < 1.29 is 0 Å². The lowest BCUT2D eigenvalue weighted by atomic mass is 9.99. The molecule has 0 saturated carbocycles. The smallest absolute Gasteiger partial charge is 0.191 e. The number of piperidine rings is 1. The van der Waals surface area contributed by atoms with E-state index in [1.165, 1.54) is 32.4 Å². The second-order valence-electron chi connectivity index (χ2n) is 6.65. The van der Waals surface area contributed by atoms with E-state index in [1.54, 1.807) is 0 Å². The first kappa shape index (κ1) is 21.0. The lowest BCUT2D eigenvalue weighted by Crippen LogP contribution is -2.48. The molecule has 0 spiro atoms. The van der Waals surface area contributed by atoms with E-state index in [0.717, 1.165) is 30.9 Å². The van der Waals surface area contributed by atoms with Gasteiger partial charge in [-0.15, -0.1) is 24.0 Å². The van der Waals surface area contributed by atoms with Gasteiger partial charge < -0.3 is 10.6 Å². The molecule has 0 amide bonds. The number of nitrogens with one attached hydrogen (secondary N) is 2. The molecule has 4 nitrogen and oxygen atoms in total. The molecular formula is C16H35IN4. The van der Waals surface area contributed by atoms with Gasteiger partial charge in [-0.1, -0.05) is 20.8 Å². The Balaban J connectivity index is 0.00000400. The molecule has 2 atom stereocenters. The largest absolute Gasteiger partial charge is 0.356 e. The van der Waals surface area contributed by atoms with Crippen LogP contribution in [0.25, 0.3) is 0 Å². The van der Waals surface area contributed by atoms with E-state index in [9.17, 15) is 0 Å². The summed E-state index contributed by atoms with van der Waals surface area (Å²) in [5.74, 6) is 2.51. The highest BCUT2D eigenvalue weighted by molar-refractivity contribution is 14.0. The van der Waals surface area contributed by atoms with Crippen molar-refractivity contribution >= 4 is 29.9 Å². The number of aliphatic imine (C=N–C) groups is 1. The Morgan fingerprint density at radius 3 is 2.57 bits per heavy atom. The van der Waals surface area contributed by atoms with Gasteiger partial charge in [-0.2, -0.15) is 0 Å². The number of guanidine groups is 1. The van der Waals surface area contributed by atoms with Gasteiger partial charge in [0.05, 0.1) is 0 Å². The third-order valence-electron chi connectivity index (χ3n) is 4.11. The zero-order valence-electron chi connectivity index (χ0n) is 14.5. The zero-order valence-corrected chi connectivity index (χ0v) is 16.8. The highest BCUT2D eigenvalue weighted by Crippen LogP contribution is 2.17. The summed E-state index contributed by atoms with van der Waals surface area (Å²) in [5, 5.41) is 6.84. The molecule has 0 aromatic rings. The Morgan fingerprint density at radius 1 is 1.29 bits per heavy atom. The van der Waals surface area contributed by atoms with Gasteiger partial charge in [-0.25, -0.2) is 0 Å². The fourth-order valence-electron chi connectivity index (χ4n) is 2.70. The van der Waals surface area contributed by atoms with Crippen molar-refractivity contribution in [1.29, 1.82) is 0 Å². The SMILES string of the molecule is CN=C(NCCC(C)C)NCC(C)N1CCCC(C)C1.I. The third-order valence-corrected chi connectivity index (χ3v) is 4.11. The first-order chi connectivity index (χ1) is 9.52. The summed E-state index contributed by atoms with van der Waals surface area (Å²) in [6, 6.07) is 0.571. The van der Waals surface area contributed by atoms with Crippen molar-refractivity contribution in [2.24, 2.45) is 16.8 Å². The van der Waals surface area contributed by atoms with Crippen LogP contribution in [-0.4, -0.2) is 50.1 Å². The Kier molecular flexibility index (Phi) is 11.5. The zero-order chi connectivity index (χ0) is 15.0. The van der Waals surface area contributed by atoms with Crippen LogP contribution in [0.5, 0.6) is 0 Å². The number of hydrogen-bond donors (Lipinski definition) is 2. The van der Waals surface area contributed by atoms with Crippen LogP contribution < -0.4 is 10.6 Å². The predicted octanol–water partition coefficient (Wildman–Crippen LogP) is 2.94. The second-order valence-corrected chi connectivity index (χ2v) is 6.65. The van der Waals surface area contributed by atoms with Crippen LogP contribution in [0.2, 0.25) is 0 Å². The van der Waals surface area contributed by atoms with Crippen LogP contribution in [0.4, 0.5) is 0 Å². The van der Waals surface area contributed by atoms with Crippen molar-refractivity contribution in [3.05, 3.63) is 0 Å². The molecule has 0 aromatic carbocycles. The Bertz CT molecular complexity index is 294. The summed E-state index contributed by atoms with van der Waals surface area (Å²) in [6.07, 6.45) is 3.90. The molecule has 21 heavy (non-hydrogen) atoms. The molecule has 126 valence electrons. The molecular weight excluding hydrogens is 375 g/mol. The van der Waals surface area contributed by atoms with Gasteiger partial charge >= 0.3 is 0 Å². The standard InChI is InChI=1S/C16H34N4.HI/c1-13(2)8-9-18-16(17-5)19-11-15(4)20-10-6-7-14(3)12-20;/h13-15H,6-12H2,1-5H3,(H2,17,18,19);1H. The van der Waals surface area contributed by atoms with Crippen LogP contribution in [0.3, 0.4) is 0 Å². The molecule has 1 saturated heterocycles. The maximum atomic E-state index is 4.29. The van der Waals surface area contributed by atoms with Crippen molar-refractivity contribution in [1.82, 2.24) is 15.5 Å². The van der Waals surface area contributed by atoms with Crippen LogP contribution in [0.1, 0.15) is 47.0 Å². The molecule has 2 unspecified atom stereocenters. The Morgan fingerprint density at radius 2 is 2.00 bits per heavy atom. The first-order valence-corrected chi connectivity index (χ1v) is 8.21. The van der Waals surface area contributed by atoms with E-state index in [2.05, 4.69) is 48.2 Å². The van der Waals surface area contributed by atoms with E-state index < -0.39 is 0 Å².